The molecule has 0 aliphatic carbocycles. The number of likely N-dealkylation sites (N-methyl/N-ethyl adjacent to an activating group) is 1. The molecule has 3 N–H and O–H groups in total. The first-order chi connectivity index (χ1) is 14.0. The fourth-order valence-electron chi connectivity index (χ4n) is 2.89. The standard InChI is InChI=1S/C20H18ClN7O/c1-11-23-20(28-27-11)26-19-15-8-3-12(10-17(29)22-2)9-16(15)24-18(25-19)13-4-6-14(21)7-5-13/h3-9H,10H2,1-2H3,(H,22,29)(H2,23,24,25,26,27,28). The summed E-state index contributed by atoms with van der Waals surface area (Å²) in [5, 5.41) is 14.1. The number of rotatable bonds is 5. The Morgan fingerprint density at radius 2 is 1.90 bits per heavy atom. The number of halogens is 1. The van der Waals surface area contributed by atoms with Gasteiger partial charge in [-0.25, -0.2) is 9.97 Å². The van der Waals surface area contributed by atoms with Gasteiger partial charge in [0.25, 0.3) is 0 Å². The van der Waals surface area contributed by atoms with Crippen LogP contribution in [0.4, 0.5) is 11.8 Å². The van der Waals surface area contributed by atoms with E-state index < -0.39 is 0 Å². The van der Waals surface area contributed by atoms with Gasteiger partial charge in [0.2, 0.25) is 11.9 Å². The topological polar surface area (TPSA) is 108 Å². The Morgan fingerprint density at radius 3 is 2.59 bits per heavy atom. The van der Waals surface area contributed by atoms with Crippen LogP contribution in [0.2, 0.25) is 5.02 Å². The van der Waals surface area contributed by atoms with Crippen molar-refractivity contribution in [1.29, 1.82) is 0 Å². The number of benzene rings is 2. The number of aromatic amines is 1. The van der Waals surface area contributed by atoms with E-state index >= 15 is 0 Å². The van der Waals surface area contributed by atoms with Crippen LogP contribution >= 0.6 is 11.6 Å². The van der Waals surface area contributed by atoms with E-state index in [1.165, 1.54) is 0 Å². The van der Waals surface area contributed by atoms with Crippen molar-refractivity contribution >= 4 is 40.2 Å². The number of anilines is 2. The third-order valence-electron chi connectivity index (χ3n) is 4.33. The first kappa shape index (κ1) is 18.8. The average Bonchev–Trinajstić information content (AvgIpc) is 3.12. The fourth-order valence-corrected chi connectivity index (χ4v) is 3.01. The molecule has 0 unspecified atom stereocenters. The minimum absolute atomic E-state index is 0.0640. The van der Waals surface area contributed by atoms with Gasteiger partial charge < -0.3 is 10.6 Å². The predicted octanol–water partition coefficient (Wildman–Crippen LogP) is 3.41. The minimum atomic E-state index is -0.0640. The van der Waals surface area contributed by atoms with Crippen LogP contribution in [0.5, 0.6) is 0 Å². The first-order valence-electron chi connectivity index (χ1n) is 8.95. The number of aryl methyl sites for hydroxylation is 1. The Balaban J connectivity index is 1.83. The second kappa shape index (κ2) is 7.84. The summed E-state index contributed by atoms with van der Waals surface area (Å²) in [4.78, 5) is 25.4. The number of nitrogens with one attached hydrogen (secondary N) is 3. The van der Waals surface area contributed by atoms with Crippen LogP contribution in [0.25, 0.3) is 22.3 Å². The maximum Gasteiger partial charge on any atom is 0.247 e. The Bertz CT molecular complexity index is 1190. The van der Waals surface area contributed by atoms with E-state index in [9.17, 15) is 4.79 Å². The average molecular weight is 408 g/mol. The molecule has 2 aromatic carbocycles. The van der Waals surface area contributed by atoms with Gasteiger partial charge in [0.05, 0.1) is 11.9 Å². The third-order valence-corrected chi connectivity index (χ3v) is 4.59. The monoisotopic (exact) mass is 407 g/mol. The van der Waals surface area contributed by atoms with Crippen molar-refractivity contribution in [2.24, 2.45) is 0 Å². The van der Waals surface area contributed by atoms with E-state index in [1.54, 1.807) is 19.2 Å². The summed E-state index contributed by atoms with van der Waals surface area (Å²) in [7, 11) is 1.62. The Labute approximate surface area is 171 Å². The zero-order valence-corrected chi connectivity index (χ0v) is 16.6. The molecular formula is C20H18ClN7O. The molecule has 9 heteroatoms. The van der Waals surface area contributed by atoms with E-state index in [0.29, 0.717) is 34.0 Å². The molecule has 0 aliphatic rings. The largest absolute Gasteiger partial charge is 0.359 e. The first-order valence-corrected chi connectivity index (χ1v) is 9.33. The minimum Gasteiger partial charge on any atom is -0.359 e. The maximum absolute atomic E-state index is 11.8. The van der Waals surface area contributed by atoms with Gasteiger partial charge in [-0.05, 0) is 48.9 Å². The Hall–Kier alpha value is -3.52. The quantitative estimate of drug-likeness (QED) is 0.468. The number of nitrogens with zero attached hydrogens (tertiary/aromatic N) is 4. The lowest BCUT2D eigenvalue weighted by molar-refractivity contribution is -0.119. The molecule has 1 amide bonds. The number of H-pyrrole nitrogens is 1. The molecule has 0 atom stereocenters. The van der Waals surface area contributed by atoms with Gasteiger partial charge in [-0.3, -0.25) is 9.89 Å². The summed E-state index contributed by atoms with van der Waals surface area (Å²) in [6, 6.07) is 13.0. The molecule has 146 valence electrons. The van der Waals surface area contributed by atoms with Crippen LogP contribution in [-0.4, -0.2) is 38.1 Å². The molecule has 2 aromatic heterocycles. The van der Waals surface area contributed by atoms with Crippen molar-refractivity contribution in [3.63, 3.8) is 0 Å². The second-order valence-electron chi connectivity index (χ2n) is 6.47. The van der Waals surface area contributed by atoms with E-state index in [4.69, 9.17) is 16.6 Å². The van der Waals surface area contributed by atoms with Gasteiger partial charge in [0, 0.05) is 23.0 Å². The lowest BCUT2D eigenvalue weighted by Gasteiger charge is -2.10. The molecular weight excluding hydrogens is 390 g/mol. The Morgan fingerprint density at radius 1 is 1.10 bits per heavy atom. The van der Waals surface area contributed by atoms with Gasteiger partial charge in [-0.15, -0.1) is 5.10 Å². The van der Waals surface area contributed by atoms with Crippen LogP contribution in [0.1, 0.15) is 11.4 Å². The SMILES string of the molecule is CNC(=O)Cc1ccc2c(Nc3n[nH]c(C)n3)nc(-c3ccc(Cl)cc3)nc2c1. The summed E-state index contributed by atoms with van der Waals surface area (Å²) < 4.78 is 0. The van der Waals surface area contributed by atoms with Gasteiger partial charge in [-0.2, -0.15) is 4.98 Å². The molecule has 4 aromatic rings. The maximum atomic E-state index is 11.8. The van der Waals surface area contributed by atoms with E-state index in [0.717, 1.165) is 16.5 Å². The zero-order valence-electron chi connectivity index (χ0n) is 15.8. The number of fused-ring (bicyclic) bond motifs is 1. The van der Waals surface area contributed by atoms with Crippen molar-refractivity contribution in [3.8, 4) is 11.4 Å². The number of hydrogen-bond donors (Lipinski definition) is 3. The van der Waals surface area contributed by atoms with Gasteiger partial charge in [0.15, 0.2) is 5.82 Å². The van der Waals surface area contributed by atoms with Crippen molar-refractivity contribution < 1.29 is 4.79 Å². The molecule has 0 bridgehead atoms. The number of carbonyl (C=O) groups is 1. The highest BCUT2D eigenvalue weighted by atomic mass is 35.5. The summed E-state index contributed by atoms with van der Waals surface area (Å²) in [6.45, 7) is 1.82. The van der Waals surface area contributed by atoms with E-state index in [2.05, 4.69) is 30.8 Å². The summed E-state index contributed by atoms with van der Waals surface area (Å²) in [5.74, 6) is 2.15. The molecule has 0 fully saturated rings. The third kappa shape index (κ3) is 4.17. The lowest BCUT2D eigenvalue weighted by atomic mass is 10.1. The van der Waals surface area contributed by atoms with Gasteiger partial charge in [0.1, 0.15) is 11.6 Å². The summed E-state index contributed by atoms with van der Waals surface area (Å²) in [5.41, 5.74) is 2.39. The fraction of sp³-hybridized carbons (Fsp3) is 0.150. The van der Waals surface area contributed by atoms with Crippen molar-refractivity contribution in [2.45, 2.75) is 13.3 Å². The van der Waals surface area contributed by atoms with Crippen LogP contribution in [0.3, 0.4) is 0 Å². The van der Waals surface area contributed by atoms with Crippen LogP contribution in [0.15, 0.2) is 42.5 Å². The molecule has 4 rings (SSSR count). The smallest absolute Gasteiger partial charge is 0.247 e. The Kier molecular flexibility index (Phi) is 5.09. The highest BCUT2D eigenvalue weighted by molar-refractivity contribution is 6.30. The highest BCUT2D eigenvalue weighted by Gasteiger charge is 2.13. The predicted molar refractivity (Wildman–Crippen MR) is 112 cm³/mol. The molecule has 8 nitrogen and oxygen atoms in total. The number of amides is 1. The van der Waals surface area contributed by atoms with Crippen molar-refractivity contribution in [2.75, 3.05) is 12.4 Å². The normalized spacial score (nSPS) is 10.9. The van der Waals surface area contributed by atoms with E-state index in [1.807, 2.05) is 37.3 Å². The van der Waals surface area contributed by atoms with E-state index in [-0.39, 0.29) is 12.3 Å². The van der Waals surface area contributed by atoms with Gasteiger partial charge in [-0.1, -0.05) is 17.7 Å². The molecule has 0 spiro atoms. The number of hydrogen-bond acceptors (Lipinski definition) is 6. The molecule has 29 heavy (non-hydrogen) atoms. The summed E-state index contributed by atoms with van der Waals surface area (Å²) in [6.07, 6.45) is 0.273. The van der Waals surface area contributed by atoms with Crippen LogP contribution in [0, 0.1) is 6.92 Å². The number of carbonyl (C=O) groups excluding carboxylic acids is 1. The molecule has 0 saturated heterocycles. The zero-order chi connectivity index (χ0) is 20.4. The summed E-state index contributed by atoms with van der Waals surface area (Å²) >= 11 is 6.01. The lowest BCUT2D eigenvalue weighted by Crippen LogP contribution is -2.19. The molecule has 0 aliphatic heterocycles. The van der Waals surface area contributed by atoms with Crippen LogP contribution in [-0.2, 0) is 11.2 Å². The number of aromatic nitrogens is 5. The second-order valence-corrected chi connectivity index (χ2v) is 6.91. The van der Waals surface area contributed by atoms with Gasteiger partial charge >= 0.3 is 0 Å². The molecule has 0 saturated carbocycles. The molecule has 0 radical (unpaired) electrons. The van der Waals surface area contributed by atoms with Crippen LogP contribution < -0.4 is 10.6 Å². The van der Waals surface area contributed by atoms with Crippen molar-refractivity contribution in [1.82, 2.24) is 30.5 Å². The van der Waals surface area contributed by atoms with Crippen molar-refractivity contribution in [3.05, 3.63) is 58.9 Å². The highest BCUT2D eigenvalue weighted by Crippen LogP contribution is 2.28. The molecule has 2 heterocycles.